The summed E-state index contributed by atoms with van der Waals surface area (Å²) in [5, 5.41) is 1.05. The quantitative estimate of drug-likeness (QED) is 0.727. The van der Waals surface area contributed by atoms with Gasteiger partial charge in [0.2, 0.25) is 5.12 Å². The summed E-state index contributed by atoms with van der Waals surface area (Å²) in [4.78, 5) is 16.4. The normalized spacial score (nSPS) is 11.4. The summed E-state index contributed by atoms with van der Waals surface area (Å²) >= 11 is 1.27. The predicted molar refractivity (Wildman–Crippen MR) is 68.4 cm³/mol. The van der Waals surface area contributed by atoms with E-state index in [9.17, 15) is 4.79 Å². The predicted octanol–water partition coefficient (Wildman–Crippen LogP) is 3.92. The smallest absolute Gasteiger partial charge is 0.201 e. The van der Waals surface area contributed by atoms with E-state index >= 15 is 0 Å². The van der Waals surface area contributed by atoms with Crippen LogP contribution in [-0.4, -0.2) is 10.1 Å². The number of carbonyl (C=O) groups excluding carboxylic acids is 1. The fourth-order valence-electron chi connectivity index (χ4n) is 1.79. The Morgan fingerprint density at radius 3 is 2.31 bits per heavy atom. The Hall–Kier alpha value is -0.830. The van der Waals surface area contributed by atoms with E-state index in [0.29, 0.717) is 0 Å². The highest BCUT2D eigenvalue weighted by molar-refractivity contribution is 8.13. The van der Waals surface area contributed by atoms with E-state index in [1.807, 2.05) is 18.2 Å². The van der Waals surface area contributed by atoms with Crippen molar-refractivity contribution in [1.29, 1.82) is 0 Å². The van der Waals surface area contributed by atoms with Crippen LogP contribution in [0.2, 0.25) is 0 Å². The van der Waals surface area contributed by atoms with Crippen molar-refractivity contribution < 1.29 is 4.79 Å². The number of hydrogen-bond acceptors (Lipinski definition) is 3. The molecule has 3 heteroatoms. The van der Waals surface area contributed by atoms with E-state index in [0.717, 1.165) is 24.3 Å². The number of aromatic nitrogens is 1. The summed E-state index contributed by atoms with van der Waals surface area (Å²) in [5.74, 6) is 0. The number of thioether (sulfide) groups is 1. The number of carbonyl (C=O) groups is 1. The van der Waals surface area contributed by atoms with E-state index in [2.05, 4.69) is 25.8 Å². The van der Waals surface area contributed by atoms with Crippen LogP contribution in [-0.2, 0) is 4.79 Å². The molecule has 0 fully saturated rings. The third-order valence-corrected chi connectivity index (χ3v) is 4.37. The first-order valence-electron chi connectivity index (χ1n) is 5.81. The minimum atomic E-state index is -0.178. The van der Waals surface area contributed by atoms with E-state index in [1.165, 1.54) is 11.8 Å². The Morgan fingerprint density at radius 1 is 1.25 bits per heavy atom. The number of rotatable bonds is 5. The maximum atomic E-state index is 12.3. The molecular weight excluding hydrogens is 218 g/mol. The average molecular weight is 237 g/mol. The van der Waals surface area contributed by atoms with Crippen LogP contribution in [0.5, 0.6) is 0 Å². The first-order valence-corrected chi connectivity index (χ1v) is 6.63. The molecule has 0 bridgehead atoms. The molecule has 0 aliphatic heterocycles. The fourth-order valence-corrected chi connectivity index (χ4v) is 2.89. The standard InChI is InChI=1S/C13H19NOS/c1-4-13(5-2,6-3)12(15)16-11-9-7-8-10-14-11/h7-10H,4-6H2,1-3H3. The molecule has 0 radical (unpaired) electrons. The Kier molecular flexibility index (Phi) is 5.00. The molecule has 88 valence electrons. The van der Waals surface area contributed by atoms with Gasteiger partial charge in [-0.3, -0.25) is 4.79 Å². The number of nitrogens with zero attached hydrogens (tertiary/aromatic N) is 1. The zero-order valence-electron chi connectivity index (χ0n) is 10.2. The molecule has 0 N–H and O–H groups in total. The molecule has 0 saturated heterocycles. The van der Waals surface area contributed by atoms with Crippen LogP contribution >= 0.6 is 11.8 Å². The minimum absolute atomic E-state index is 0.178. The Morgan fingerprint density at radius 2 is 1.88 bits per heavy atom. The van der Waals surface area contributed by atoms with Gasteiger partial charge in [-0.1, -0.05) is 26.8 Å². The second-order valence-electron chi connectivity index (χ2n) is 3.90. The lowest BCUT2D eigenvalue weighted by atomic mass is 9.81. The van der Waals surface area contributed by atoms with Gasteiger partial charge < -0.3 is 0 Å². The van der Waals surface area contributed by atoms with Crippen molar-refractivity contribution in [1.82, 2.24) is 4.98 Å². The Balaban J connectivity index is 2.78. The Labute approximate surface area is 102 Å². The molecule has 1 aromatic rings. The van der Waals surface area contributed by atoms with Gasteiger partial charge in [-0.2, -0.15) is 0 Å². The molecule has 16 heavy (non-hydrogen) atoms. The molecule has 1 heterocycles. The Bertz CT molecular complexity index is 325. The van der Waals surface area contributed by atoms with Gasteiger partial charge in [0, 0.05) is 11.6 Å². The highest BCUT2D eigenvalue weighted by atomic mass is 32.2. The van der Waals surface area contributed by atoms with Gasteiger partial charge in [0.05, 0.1) is 0 Å². The maximum absolute atomic E-state index is 12.3. The zero-order valence-corrected chi connectivity index (χ0v) is 11.0. The second kappa shape index (κ2) is 6.04. The van der Waals surface area contributed by atoms with E-state index in [4.69, 9.17) is 0 Å². The first-order chi connectivity index (χ1) is 7.68. The molecule has 0 unspecified atom stereocenters. The SMILES string of the molecule is CCC(CC)(CC)C(=O)Sc1ccccn1. The highest BCUT2D eigenvalue weighted by Gasteiger charge is 2.33. The monoisotopic (exact) mass is 237 g/mol. The lowest BCUT2D eigenvalue weighted by Crippen LogP contribution is -2.26. The van der Waals surface area contributed by atoms with Crippen LogP contribution in [0.4, 0.5) is 0 Å². The molecule has 0 atom stereocenters. The summed E-state index contributed by atoms with van der Waals surface area (Å²) in [6.45, 7) is 6.26. The third-order valence-electron chi connectivity index (χ3n) is 3.30. The molecule has 0 amide bonds. The molecule has 1 aromatic heterocycles. The van der Waals surface area contributed by atoms with Crippen LogP contribution < -0.4 is 0 Å². The summed E-state index contributed by atoms with van der Waals surface area (Å²) in [6, 6.07) is 5.66. The van der Waals surface area contributed by atoms with Gasteiger partial charge in [0.15, 0.2) is 0 Å². The highest BCUT2D eigenvalue weighted by Crippen LogP contribution is 2.37. The van der Waals surface area contributed by atoms with E-state index in [1.54, 1.807) is 6.20 Å². The van der Waals surface area contributed by atoms with Crippen molar-refractivity contribution in [3.05, 3.63) is 24.4 Å². The number of pyridine rings is 1. The van der Waals surface area contributed by atoms with E-state index in [-0.39, 0.29) is 10.5 Å². The van der Waals surface area contributed by atoms with Crippen LogP contribution in [0.25, 0.3) is 0 Å². The van der Waals surface area contributed by atoms with Gasteiger partial charge in [0.25, 0.3) is 0 Å². The van der Waals surface area contributed by atoms with Gasteiger partial charge in [-0.25, -0.2) is 4.98 Å². The molecule has 0 saturated carbocycles. The van der Waals surface area contributed by atoms with E-state index < -0.39 is 0 Å². The largest absolute Gasteiger partial charge is 0.286 e. The molecular formula is C13H19NOS. The minimum Gasteiger partial charge on any atom is -0.286 e. The van der Waals surface area contributed by atoms with Gasteiger partial charge >= 0.3 is 0 Å². The molecule has 0 aromatic carbocycles. The second-order valence-corrected chi connectivity index (χ2v) is 4.89. The summed E-state index contributed by atoms with van der Waals surface area (Å²) in [6.07, 6.45) is 4.43. The zero-order chi connectivity index (χ0) is 12.0. The molecule has 0 spiro atoms. The maximum Gasteiger partial charge on any atom is 0.201 e. The van der Waals surface area contributed by atoms with Crippen molar-refractivity contribution in [2.45, 2.75) is 45.1 Å². The van der Waals surface area contributed by atoms with Crippen LogP contribution in [0.15, 0.2) is 29.4 Å². The van der Waals surface area contributed by atoms with Crippen molar-refractivity contribution in [3.63, 3.8) is 0 Å². The lowest BCUT2D eigenvalue weighted by Gasteiger charge is -2.27. The molecule has 0 aliphatic carbocycles. The van der Waals surface area contributed by atoms with Gasteiger partial charge in [-0.15, -0.1) is 0 Å². The topological polar surface area (TPSA) is 30.0 Å². The lowest BCUT2D eigenvalue weighted by molar-refractivity contribution is -0.120. The summed E-state index contributed by atoms with van der Waals surface area (Å²) < 4.78 is 0. The third kappa shape index (κ3) is 2.85. The van der Waals surface area contributed by atoms with Crippen molar-refractivity contribution in [2.24, 2.45) is 5.41 Å². The van der Waals surface area contributed by atoms with Crippen LogP contribution in [0.3, 0.4) is 0 Å². The van der Waals surface area contributed by atoms with Crippen molar-refractivity contribution in [3.8, 4) is 0 Å². The first kappa shape index (κ1) is 13.2. The van der Waals surface area contributed by atoms with Crippen molar-refractivity contribution in [2.75, 3.05) is 0 Å². The summed E-state index contributed by atoms with van der Waals surface area (Å²) in [7, 11) is 0. The van der Waals surface area contributed by atoms with Crippen LogP contribution in [0.1, 0.15) is 40.0 Å². The average Bonchev–Trinajstić information content (AvgIpc) is 2.33. The van der Waals surface area contributed by atoms with Crippen molar-refractivity contribution >= 4 is 16.9 Å². The van der Waals surface area contributed by atoms with Gasteiger partial charge in [0.1, 0.15) is 5.03 Å². The van der Waals surface area contributed by atoms with Crippen LogP contribution in [0, 0.1) is 5.41 Å². The number of hydrogen-bond donors (Lipinski definition) is 0. The van der Waals surface area contributed by atoms with Gasteiger partial charge in [-0.05, 0) is 43.2 Å². The molecule has 0 aliphatic rings. The summed E-state index contributed by atoms with van der Waals surface area (Å²) in [5.41, 5.74) is -0.178. The molecule has 1 rings (SSSR count). The molecule has 2 nitrogen and oxygen atoms in total. The fraction of sp³-hybridized carbons (Fsp3) is 0.538.